The van der Waals surface area contributed by atoms with Crippen LogP contribution in [0.25, 0.3) is 0 Å². The summed E-state index contributed by atoms with van der Waals surface area (Å²) in [6, 6.07) is 0. The van der Waals surface area contributed by atoms with E-state index in [9.17, 15) is 29.7 Å². The Labute approximate surface area is 214 Å². The quantitative estimate of drug-likeness (QED) is 0.458. The Morgan fingerprint density at radius 2 is 0.952 bits per heavy atom. The van der Waals surface area contributed by atoms with Gasteiger partial charge in [-0.3, -0.25) is 0 Å². The average molecular weight is 371 g/mol. The monoisotopic (exact) mass is 370 g/mol. The number of rotatable bonds is 5. The fourth-order valence-electron chi connectivity index (χ4n) is 0.684. The minimum Gasteiger partial charge on any atom is -1.00 e. The van der Waals surface area contributed by atoms with Crippen LogP contribution < -0.4 is 146 Å². The Bertz CT molecular complexity index is 250. The van der Waals surface area contributed by atoms with Gasteiger partial charge in [0.15, 0.2) is 0 Å². The Balaban J connectivity index is -0.0000000257. The second-order valence-corrected chi connectivity index (χ2v) is 2.42. The predicted molar refractivity (Wildman–Crippen MR) is 40.0 cm³/mol. The molecule has 7 N–H and O–H groups in total. The summed E-state index contributed by atoms with van der Waals surface area (Å²) in [5.41, 5.74) is -2.97. The molecule has 0 aromatic rings. The molecule has 0 rings (SSSR count). The first-order chi connectivity index (χ1) is 5.78. The number of carbonyl (C=O) groups excluding carboxylic acids is 3. The van der Waals surface area contributed by atoms with Gasteiger partial charge in [-0.1, -0.05) is 0 Å². The zero-order chi connectivity index (χ0) is 10.6. The van der Waals surface area contributed by atoms with Gasteiger partial charge in [0.25, 0.3) is 0 Å². The molecule has 0 bridgehead atoms. The van der Waals surface area contributed by atoms with Crippen LogP contribution in [0, 0.1) is 0 Å². The SMILES string of the molecule is O.O.O.O=C([O-])CC(O)(CC(=O)[O-])C(=O)[O-].[Cl-].[Na+].[Na+].[Na+].[Na+]. The standard InChI is InChI=1S/C6H8O7.ClH.4Na.3H2O/c7-3(8)1-6(13,5(11)12)2-4(9)10;;;;;;;;/h13H,1-2H2,(H,7,8)(H,9,10)(H,11,12);1H;;;;;3*1H2/q;;4*+1;;;/p-4. The molecule has 0 saturated heterocycles. The van der Waals surface area contributed by atoms with Gasteiger partial charge >= 0.3 is 118 Å². The number of aliphatic carboxylic acids is 3. The Hall–Kier alpha value is 2.54. The van der Waals surface area contributed by atoms with Crippen LogP contribution in [0.15, 0.2) is 0 Å². The summed E-state index contributed by atoms with van der Waals surface area (Å²) in [6.07, 6.45) is -2.72. The van der Waals surface area contributed by atoms with Crippen molar-refractivity contribution >= 4 is 17.9 Å². The molecular weight excluding hydrogens is 359 g/mol. The van der Waals surface area contributed by atoms with Crippen LogP contribution in [-0.4, -0.2) is 45.0 Å². The molecule has 21 heavy (non-hydrogen) atoms. The molecule has 0 aromatic carbocycles. The molecule has 0 aromatic heterocycles. The van der Waals surface area contributed by atoms with E-state index in [1.165, 1.54) is 0 Å². The van der Waals surface area contributed by atoms with Crippen molar-refractivity contribution in [2.24, 2.45) is 0 Å². The number of carboxylic acid groups (broad SMARTS) is 3. The normalized spacial score (nSPS) is 6.71. The van der Waals surface area contributed by atoms with Crippen molar-refractivity contribution in [3.63, 3.8) is 0 Å². The number of aliphatic hydroxyl groups is 1. The summed E-state index contributed by atoms with van der Waals surface area (Å²) < 4.78 is 0. The molecule has 0 fully saturated rings. The van der Waals surface area contributed by atoms with Gasteiger partial charge in [0, 0.05) is 24.8 Å². The summed E-state index contributed by atoms with van der Waals surface area (Å²) in [7, 11) is 0. The van der Waals surface area contributed by atoms with E-state index in [0.29, 0.717) is 0 Å². The summed E-state index contributed by atoms with van der Waals surface area (Å²) in [6.45, 7) is 0. The molecular formula is C6H11ClNa4O10. The number of hydrogen-bond acceptors (Lipinski definition) is 7. The average Bonchev–Trinajstić information content (AvgIpc) is 1.82. The Morgan fingerprint density at radius 3 is 1.05 bits per heavy atom. The van der Waals surface area contributed by atoms with Crippen molar-refractivity contribution in [1.82, 2.24) is 0 Å². The van der Waals surface area contributed by atoms with Gasteiger partial charge in [-0.2, -0.15) is 0 Å². The summed E-state index contributed by atoms with van der Waals surface area (Å²) in [5.74, 6) is -5.98. The second-order valence-electron chi connectivity index (χ2n) is 2.42. The van der Waals surface area contributed by atoms with E-state index in [2.05, 4.69) is 0 Å². The second kappa shape index (κ2) is 27.4. The minimum atomic E-state index is -2.97. The van der Waals surface area contributed by atoms with Gasteiger partial charge in [0.2, 0.25) is 0 Å². The first-order valence-corrected chi connectivity index (χ1v) is 3.11. The molecule has 0 atom stereocenters. The molecule has 0 spiro atoms. The van der Waals surface area contributed by atoms with Crippen LogP contribution in [0.4, 0.5) is 0 Å². The van der Waals surface area contributed by atoms with E-state index in [0.717, 1.165) is 0 Å². The zero-order valence-corrected chi connectivity index (χ0v) is 20.9. The van der Waals surface area contributed by atoms with Gasteiger partial charge < -0.3 is 63.6 Å². The molecule has 0 amide bonds. The molecule has 0 aliphatic heterocycles. The molecule has 0 radical (unpaired) electrons. The largest absolute Gasteiger partial charge is 1.00 e. The van der Waals surface area contributed by atoms with E-state index in [4.69, 9.17) is 5.11 Å². The van der Waals surface area contributed by atoms with Crippen LogP contribution >= 0.6 is 0 Å². The summed E-state index contributed by atoms with van der Waals surface area (Å²) >= 11 is 0. The number of halogens is 1. The van der Waals surface area contributed by atoms with Crippen molar-refractivity contribution < 1.29 is 182 Å². The first-order valence-electron chi connectivity index (χ1n) is 3.11. The van der Waals surface area contributed by atoms with E-state index in [1.807, 2.05) is 0 Å². The maximum absolute atomic E-state index is 10.1. The number of carboxylic acids is 3. The molecule has 0 unspecified atom stereocenters. The van der Waals surface area contributed by atoms with E-state index >= 15 is 0 Å². The summed E-state index contributed by atoms with van der Waals surface area (Å²) in [5, 5.41) is 38.9. The van der Waals surface area contributed by atoms with Gasteiger partial charge in [-0.25, -0.2) is 0 Å². The van der Waals surface area contributed by atoms with Crippen LogP contribution in [0.2, 0.25) is 0 Å². The van der Waals surface area contributed by atoms with Crippen molar-refractivity contribution in [2.45, 2.75) is 18.4 Å². The molecule has 10 nitrogen and oxygen atoms in total. The Morgan fingerprint density at radius 1 is 0.762 bits per heavy atom. The van der Waals surface area contributed by atoms with Gasteiger partial charge in [-0.15, -0.1) is 0 Å². The van der Waals surface area contributed by atoms with E-state index in [-0.39, 0.29) is 147 Å². The number of carbonyl (C=O) groups is 3. The molecule has 0 heterocycles. The maximum Gasteiger partial charge on any atom is 1.00 e. The maximum atomic E-state index is 10.1. The van der Waals surface area contributed by atoms with Crippen LogP contribution in [-0.2, 0) is 14.4 Å². The third kappa shape index (κ3) is 27.7. The third-order valence-corrected chi connectivity index (χ3v) is 1.25. The fraction of sp³-hybridized carbons (Fsp3) is 0.500. The van der Waals surface area contributed by atoms with E-state index < -0.39 is 36.4 Å². The topological polar surface area (TPSA) is 235 Å². The van der Waals surface area contributed by atoms with E-state index in [1.54, 1.807) is 0 Å². The third-order valence-electron chi connectivity index (χ3n) is 1.25. The smallest absolute Gasteiger partial charge is 1.00 e. The number of hydrogen-bond donors (Lipinski definition) is 1. The minimum absolute atomic E-state index is 0. The molecule has 0 aliphatic carbocycles. The molecule has 0 saturated carbocycles. The first kappa shape index (κ1) is 56.6. The van der Waals surface area contributed by atoms with Crippen molar-refractivity contribution in [3.8, 4) is 0 Å². The van der Waals surface area contributed by atoms with Gasteiger partial charge in [0.1, 0.15) is 5.60 Å². The van der Waals surface area contributed by atoms with Crippen molar-refractivity contribution in [1.29, 1.82) is 0 Å². The summed E-state index contributed by atoms with van der Waals surface area (Å²) in [4.78, 5) is 30.0. The van der Waals surface area contributed by atoms with Gasteiger partial charge in [-0.05, 0) is 0 Å². The van der Waals surface area contributed by atoms with Crippen molar-refractivity contribution in [2.75, 3.05) is 0 Å². The Kier molecular flexibility index (Phi) is 73.8. The zero-order valence-electron chi connectivity index (χ0n) is 12.2. The van der Waals surface area contributed by atoms with Crippen LogP contribution in [0.3, 0.4) is 0 Å². The fourth-order valence-corrected chi connectivity index (χ4v) is 0.684. The predicted octanol–water partition coefficient (Wildman–Crippen LogP) is -22.7. The molecule has 15 heteroatoms. The van der Waals surface area contributed by atoms with Crippen LogP contribution in [0.5, 0.6) is 0 Å². The van der Waals surface area contributed by atoms with Crippen molar-refractivity contribution in [3.05, 3.63) is 0 Å². The van der Waals surface area contributed by atoms with Gasteiger partial charge in [0.05, 0.1) is 5.97 Å². The van der Waals surface area contributed by atoms with Crippen LogP contribution in [0.1, 0.15) is 12.8 Å². The molecule has 0 aliphatic rings. The molecule has 106 valence electrons.